The molecular formula is C23H22F3N3OS. The molecule has 4 nitrogen and oxygen atoms in total. The molecular weight excluding hydrogens is 423 g/mol. The van der Waals surface area contributed by atoms with Crippen LogP contribution in [0.25, 0.3) is 11.3 Å². The van der Waals surface area contributed by atoms with E-state index in [9.17, 15) is 18.0 Å². The molecule has 1 aromatic heterocycles. The van der Waals surface area contributed by atoms with Crippen LogP contribution < -0.4 is 5.32 Å². The highest BCUT2D eigenvalue weighted by molar-refractivity contribution is 8.00. The second-order valence-corrected chi connectivity index (χ2v) is 8.62. The van der Waals surface area contributed by atoms with E-state index in [1.165, 1.54) is 0 Å². The maximum absolute atomic E-state index is 13.4. The number of carbonyl (C=O) groups is 1. The lowest BCUT2D eigenvalue weighted by Gasteiger charge is -2.14. The minimum absolute atomic E-state index is 0.105. The van der Waals surface area contributed by atoms with E-state index in [1.807, 2.05) is 12.1 Å². The maximum Gasteiger partial charge on any atom is 0.433 e. The summed E-state index contributed by atoms with van der Waals surface area (Å²) in [6, 6.07) is 16.9. The number of hydrogen-bond donors (Lipinski definition) is 1. The third-order valence-corrected chi connectivity index (χ3v) is 5.52. The van der Waals surface area contributed by atoms with Gasteiger partial charge in [-0.15, -0.1) is 0 Å². The molecule has 3 aromatic rings. The summed E-state index contributed by atoms with van der Waals surface area (Å²) in [4.78, 5) is 20.4. The summed E-state index contributed by atoms with van der Waals surface area (Å²) >= 11 is 0.884. The minimum Gasteiger partial charge on any atom is -0.325 e. The Morgan fingerprint density at radius 1 is 0.968 bits per heavy atom. The molecule has 0 aliphatic carbocycles. The Kier molecular flexibility index (Phi) is 7.00. The predicted molar refractivity (Wildman–Crippen MR) is 117 cm³/mol. The summed E-state index contributed by atoms with van der Waals surface area (Å²) in [6.07, 6.45) is -4.62. The second-order valence-electron chi connectivity index (χ2n) is 7.31. The monoisotopic (exact) mass is 445 g/mol. The Morgan fingerprint density at radius 2 is 1.61 bits per heavy atom. The number of nitrogens with one attached hydrogen (secondary N) is 1. The number of nitrogens with zero attached hydrogens (tertiary/aromatic N) is 2. The molecule has 1 N–H and O–H groups in total. The molecule has 0 aliphatic heterocycles. The quantitative estimate of drug-likeness (QED) is 0.352. The number of rotatable bonds is 6. The second kappa shape index (κ2) is 9.51. The van der Waals surface area contributed by atoms with Crippen molar-refractivity contribution in [3.05, 3.63) is 71.9 Å². The lowest BCUT2D eigenvalue weighted by molar-refractivity contribution is -0.141. The SMILES string of the molecule is CC(C)c1ccc(NC(=O)[C@@H](C)Sc2nc(-c3ccccc3)cc(C(F)(F)F)n2)cc1. The van der Waals surface area contributed by atoms with Crippen LogP contribution in [0.15, 0.2) is 65.8 Å². The number of halogens is 3. The predicted octanol–water partition coefficient (Wildman–Crippen LogP) is 6.41. The van der Waals surface area contributed by atoms with E-state index in [2.05, 4.69) is 29.1 Å². The Bertz CT molecular complexity index is 1040. The van der Waals surface area contributed by atoms with Gasteiger partial charge in [-0.05, 0) is 36.6 Å². The highest BCUT2D eigenvalue weighted by Crippen LogP contribution is 2.33. The van der Waals surface area contributed by atoms with Crippen molar-refractivity contribution in [1.82, 2.24) is 9.97 Å². The fraction of sp³-hybridized carbons (Fsp3) is 0.261. The number of benzene rings is 2. The van der Waals surface area contributed by atoms with Gasteiger partial charge in [-0.2, -0.15) is 13.2 Å². The van der Waals surface area contributed by atoms with E-state index in [0.29, 0.717) is 17.2 Å². The van der Waals surface area contributed by atoms with E-state index >= 15 is 0 Å². The first-order valence-corrected chi connectivity index (χ1v) is 10.6. The molecule has 0 bridgehead atoms. The fourth-order valence-corrected chi connectivity index (χ4v) is 3.57. The van der Waals surface area contributed by atoms with Gasteiger partial charge in [0.25, 0.3) is 0 Å². The van der Waals surface area contributed by atoms with Gasteiger partial charge >= 0.3 is 6.18 Å². The van der Waals surface area contributed by atoms with Gasteiger partial charge in [0.2, 0.25) is 5.91 Å². The van der Waals surface area contributed by atoms with Gasteiger partial charge in [0.1, 0.15) is 5.69 Å². The number of thioether (sulfide) groups is 1. The van der Waals surface area contributed by atoms with Crippen molar-refractivity contribution in [1.29, 1.82) is 0 Å². The van der Waals surface area contributed by atoms with Gasteiger partial charge < -0.3 is 5.32 Å². The third-order valence-electron chi connectivity index (χ3n) is 4.56. The van der Waals surface area contributed by atoms with Crippen molar-refractivity contribution in [2.75, 3.05) is 5.32 Å². The van der Waals surface area contributed by atoms with E-state index in [0.717, 1.165) is 23.4 Å². The Hall–Kier alpha value is -2.87. The van der Waals surface area contributed by atoms with Crippen LogP contribution in [0.4, 0.5) is 18.9 Å². The van der Waals surface area contributed by atoms with Crippen LogP contribution in [0.2, 0.25) is 0 Å². The Balaban J connectivity index is 1.79. The first kappa shape index (κ1) is 22.8. The van der Waals surface area contributed by atoms with Crippen LogP contribution in [0.3, 0.4) is 0 Å². The average Bonchev–Trinajstić information content (AvgIpc) is 2.74. The zero-order valence-corrected chi connectivity index (χ0v) is 18.1. The number of alkyl halides is 3. The highest BCUT2D eigenvalue weighted by Gasteiger charge is 2.34. The van der Waals surface area contributed by atoms with Crippen LogP contribution in [0, 0.1) is 0 Å². The smallest absolute Gasteiger partial charge is 0.325 e. The summed E-state index contributed by atoms with van der Waals surface area (Å²) in [5, 5.41) is 1.98. The van der Waals surface area contributed by atoms with Crippen molar-refractivity contribution in [3.63, 3.8) is 0 Å². The number of aromatic nitrogens is 2. The summed E-state index contributed by atoms with van der Waals surface area (Å²) in [7, 11) is 0. The van der Waals surface area contributed by atoms with Crippen LogP contribution in [0.5, 0.6) is 0 Å². The first-order valence-electron chi connectivity index (χ1n) is 9.72. The van der Waals surface area contributed by atoms with Crippen LogP contribution in [0.1, 0.15) is 37.9 Å². The lowest BCUT2D eigenvalue weighted by atomic mass is 10.0. The molecule has 0 spiro atoms. The van der Waals surface area contributed by atoms with Crippen molar-refractivity contribution < 1.29 is 18.0 Å². The molecule has 0 radical (unpaired) electrons. The van der Waals surface area contributed by atoms with Gasteiger partial charge in [0, 0.05) is 11.3 Å². The highest BCUT2D eigenvalue weighted by atomic mass is 32.2. The lowest BCUT2D eigenvalue weighted by Crippen LogP contribution is -2.23. The van der Waals surface area contributed by atoms with Crippen LogP contribution in [-0.2, 0) is 11.0 Å². The molecule has 2 aromatic carbocycles. The van der Waals surface area contributed by atoms with Crippen molar-refractivity contribution >= 4 is 23.4 Å². The Labute approximate surface area is 183 Å². The van der Waals surface area contributed by atoms with E-state index in [-0.39, 0.29) is 16.8 Å². The van der Waals surface area contributed by atoms with Crippen molar-refractivity contribution in [2.24, 2.45) is 0 Å². The molecule has 0 aliphatic rings. The molecule has 1 amide bonds. The topological polar surface area (TPSA) is 54.9 Å². The van der Waals surface area contributed by atoms with Crippen LogP contribution in [-0.4, -0.2) is 21.1 Å². The standard InChI is InChI=1S/C23H22F3N3OS/c1-14(2)16-9-11-18(12-10-16)27-21(30)15(3)31-22-28-19(17-7-5-4-6-8-17)13-20(29-22)23(24,25)26/h4-15H,1-3H3,(H,27,30)/t15-/m1/s1. The van der Waals surface area contributed by atoms with E-state index in [1.54, 1.807) is 49.4 Å². The van der Waals surface area contributed by atoms with Crippen molar-refractivity contribution in [3.8, 4) is 11.3 Å². The average molecular weight is 446 g/mol. The minimum atomic E-state index is -4.62. The molecule has 162 valence electrons. The normalized spacial score (nSPS) is 12.6. The van der Waals surface area contributed by atoms with Crippen molar-refractivity contribution in [2.45, 2.75) is 43.3 Å². The number of amides is 1. The van der Waals surface area contributed by atoms with E-state index in [4.69, 9.17) is 0 Å². The molecule has 0 fully saturated rings. The maximum atomic E-state index is 13.4. The molecule has 0 saturated heterocycles. The number of hydrogen-bond acceptors (Lipinski definition) is 4. The number of carbonyl (C=O) groups excluding carboxylic acids is 1. The molecule has 31 heavy (non-hydrogen) atoms. The molecule has 1 heterocycles. The molecule has 0 unspecified atom stereocenters. The molecule has 8 heteroatoms. The molecule has 1 atom stereocenters. The number of anilines is 1. The zero-order valence-electron chi connectivity index (χ0n) is 17.3. The molecule has 0 saturated carbocycles. The van der Waals surface area contributed by atoms with E-state index < -0.39 is 17.1 Å². The zero-order chi connectivity index (χ0) is 22.6. The fourth-order valence-electron chi connectivity index (χ4n) is 2.79. The molecule has 3 rings (SSSR count). The Morgan fingerprint density at radius 3 is 2.19 bits per heavy atom. The summed E-state index contributed by atoms with van der Waals surface area (Å²) in [6.45, 7) is 5.75. The summed E-state index contributed by atoms with van der Waals surface area (Å²) in [5.41, 5.74) is 1.42. The summed E-state index contributed by atoms with van der Waals surface area (Å²) in [5.74, 6) is 0.0284. The van der Waals surface area contributed by atoms with Gasteiger partial charge in [-0.25, -0.2) is 9.97 Å². The van der Waals surface area contributed by atoms with Gasteiger partial charge in [-0.1, -0.05) is 68.1 Å². The van der Waals surface area contributed by atoms with Gasteiger partial charge in [0.05, 0.1) is 10.9 Å². The largest absolute Gasteiger partial charge is 0.433 e. The van der Waals surface area contributed by atoms with Gasteiger partial charge in [0.15, 0.2) is 5.16 Å². The van der Waals surface area contributed by atoms with Gasteiger partial charge in [-0.3, -0.25) is 4.79 Å². The van der Waals surface area contributed by atoms with Crippen LogP contribution >= 0.6 is 11.8 Å². The summed E-state index contributed by atoms with van der Waals surface area (Å²) < 4.78 is 40.1. The first-order chi connectivity index (χ1) is 14.6. The third kappa shape index (κ3) is 6.07.